The first-order valence-corrected chi connectivity index (χ1v) is 7.89. The number of carbonyl (C=O) groups is 1. The van der Waals surface area contributed by atoms with Crippen LogP contribution in [0, 0.1) is 0 Å². The van der Waals surface area contributed by atoms with Crippen LogP contribution >= 0.6 is 0 Å². The van der Waals surface area contributed by atoms with Gasteiger partial charge in [0.1, 0.15) is 0 Å². The molecule has 1 amide bonds. The van der Waals surface area contributed by atoms with Crippen LogP contribution in [-0.4, -0.2) is 44.5 Å². The molecule has 0 spiro atoms. The van der Waals surface area contributed by atoms with Crippen LogP contribution in [-0.2, 0) is 14.6 Å². The normalized spacial score (nSPS) is 24.5. The van der Waals surface area contributed by atoms with E-state index < -0.39 is 9.84 Å². The summed E-state index contributed by atoms with van der Waals surface area (Å²) in [7, 11) is -2.95. The van der Waals surface area contributed by atoms with Crippen LogP contribution in [0.15, 0.2) is 0 Å². The number of hydrogen-bond acceptors (Lipinski definition) is 4. The van der Waals surface area contributed by atoms with Gasteiger partial charge in [-0.1, -0.05) is 6.92 Å². The van der Waals surface area contributed by atoms with Gasteiger partial charge in [-0.05, 0) is 26.3 Å². The summed E-state index contributed by atoms with van der Waals surface area (Å²) >= 11 is 0. The van der Waals surface area contributed by atoms with Crippen LogP contribution in [0.4, 0.5) is 0 Å². The van der Waals surface area contributed by atoms with Crippen molar-refractivity contribution in [3.8, 4) is 0 Å². The summed E-state index contributed by atoms with van der Waals surface area (Å²) in [5, 5.41) is 5.48. The lowest BCUT2D eigenvalue weighted by Gasteiger charge is -2.14. The second-order valence-corrected chi connectivity index (χ2v) is 7.00. The minimum Gasteiger partial charge on any atom is -0.355 e. The fourth-order valence-electron chi connectivity index (χ4n) is 2.09. The van der Waals surface area contributed by atoms with Crippen molar-refractivity contribution in [2.75, 3.05) is 18.8 Å². The molecule has 1 aliphatic rings. The molecule has 1 heterocycles. The third-order valence-corrected chi connectivity index (χ3v) is 5.31. The van der Waals surface area contributed by atoms with Crippen molar-refractivity contribution < 1.29 is 13.2 Å². The summed E-state index contributed by atoms with van der Waals surface area (Å²) in [6.07, 6.45) is 1.78. The number of sulfone groups is 1. The van der Waals surface area contributed by atoms with E-state index in [9.17, 15) is 13.2 Å². The summed E-state index contributed by atoms with van der Waals surface area (Å²) in [5.41, 5.74) is 0. The maximum absolute atomic E-state index is 11.6. The largest absolute Gasteiger partial charge is 0.355 e. The van der Waals surface area contributed by atoms with E-state index in [-0.39, 0.29) is 29.5 Å². The van der Waals surface area contributed by atoms with E-state index >= 15 is 0 Å². The summed E-state index contributed by atoms with van der Waals surface area (Å²) in [6, 6.07) is 0.125. The van der Waals surface area contributed by atoms with Crippen LogP contribution in [0.25, 0.3) is 0 Å². The molecular formula is C11H22N2O3S. The molecule has 0 aliphatic carbocycles. The van der Waals surface area contributed by atoms with Gasteiger partial charge in [0.15, 0.2) is 9.84 Å². The molecule has 1 rings (SSSR count). The minimum atomic E-state index is -2.95. The lowest BCUT2D eigenvalue weighted by atomic mass is 10.2. The molecule has 2 unspecified atom stereocenters. The van der Waals surface area contributed by atoms with E-state index in [1.807, 2.05) is 13.8 Å². The number of nitrogens with one attached hydrogen (secondary N) is 2. The van der Waals surface area contributed by atoms with Crippen LogP contribution in [0.2, 0.25) is 0 Å². The molecule has 0 bridgehead atoms. The molecular weight excluding hydrogens is 240 g/mol. The average Bonchev–Trinajstić information content (AvgIpc) is 2.55. The lowest BCUT2D eigenvalue weighted by Crippen LogP contribution is -2.38. The molecule has 0 saturated carbocycles. The van der Waals surface area contributed by atoms with E-state index in [2.05, 4.69) is 10.6 Å². The van der Waals surface area contributed by atoms with Crippen molar-refractivity contribution in [3.63, 3.8) is 0 Å². The van der Waals surface area contributed by atoms with Gasteiger partial charge < -0.3 is 10.6 Å². The highest BCUT2D eigenvalue weighted by atomic mass is 32.2. The Kier molecular flexibility index (Phi) is 5.39. The van der Waals surface area contributed by atoms with Crippen LogP contribution in [0.5, 0.6) is 0 Å². The molecule has 100 valence electrons. The summed E-state index contributed by atoms with van der Waals surface area (Å²) in [5.74, 6) is 0.182. The van der Waals surface area contributed by atoms with Crippen molar-refractivity contribution in [3.05, 3.63) is 0 Å². The van der Waals surface area contributed by atoms with Crippen LogP contribution < -0.4 is 10.6 Å². The van der Waals surface area contributed by atoms with E-state index in [1.165, 1.54) is 0 Å². The molecule has 1 saturated heterocycles. The van der Waals surface area contributed by atoms with Gasteiger partial charge in [0.05, 0.1) is 11.0 Å². The molecule has 17 heavy (non-hydrogen) atoms. The first-order chi connectivity index (χ1) is 7.95. The Morgan fingerprint density at radius 1 is 1.47 bits per heavy atom. The fourth-order valence-corrected chi connectivity index (χ4v) is 3.85. The second-order valence-electron chi connectivity index (χ2n) is 4.60. The average molecular weight is 262 g/mol. The molecule has 0 radical (unpaired) electrons. The van der Waals surface area contributed by atoms with Gasteiger partial charge in [0.25, 0.3) is 0 Å². The highest BCUT2D eigenvalue weighted by Crippen LogP contribution is 2.18. The molecule has 6 heteroatoms. The Morgan fingerprint density at radius 3 is 2.71 bits per heavy atom. The highest BCUT2D eigenvalue weighted by molar-refractivity contribution is 7.92. The zero-order valence-electron chi connectivity index (χ0n) is 10.5. The van der Waals surface area contributed by atoms with Crippen LogP contribution in [0.3, 0.4) is 0 Å². The fraction of sp³-hybridized carbons (Fsp3) is 0.909. The third kappa shape index (κ3) is 4.63. The van der Waals surface area contributed by atoms with Gasteiger partial charge in [-0.25, -0.2) is 8.42 Å². The van der Waals surface area contributed by atoms with Crippen molar-refractivity contribution in [1.82, 2.24) is 10.6 Å². The minimum absolute atomic E-state index is 0.0828. The molecule has 1 fully saturated rings. The molecule has 5 nitrogen and oxygen atoms in total. The van der Waals surface area contributed by atoms with E-state index in [0.29, 0.717) is 12.8 Å². The molecule has 1 aliphatic heterocycles. The topological polar surface area (TPSA) is 75.3 Å². The molecule has 0 aromatic heterocycles. The highest BCUT2D eigenvalue weighted by Gasteiger charge is 2.31. The maximum atomic E-state index is 11.6. The smallest absolute Gasteiger partial charge is 0.221 e. The monoisotopic (exact) mass is 262 g/mol. The standard InChI is InChI=1S/C11H22N2O3S/c1-3-12-9(2)7-11(14)13-8-10-5-4-6-17(10,15)16/h9-10,12H,3-8H2,1-2H3,(H,13,14). The van der Waals surface area contributed by atoms with Gasteiger partial charge in [0.2, 0.25) is 5.91 Å². The van der Waals surface area contributed by atoms with Gasteiger partial charge in [-0.3, -0.25) is 4.79 Å². The van der Waals surface area contributed by atoms with Crippen molar-refractivity contribution in [2.45, 2.75) is 44.4 Å². The molecule has 2 N–H and O–H groups in total. The van der Waals surface area contributed by atoms with Gasteiger partial charge in [-0.15, -0.1) is 0 Å². The SMILES string of the molecule is CCNC(C)CC(=O)NCC1CCCS1(=O)=O. The Balaban J connectivity index is 2.29. The van der Waals surface area contributed by atoms with Crippen molar-refractivity contribution >= 4 is 15.7 Å². The Bertz CT molecular complexity index is 354. The lowest BCUT2D eigenvalue weighted by molar-refractivity contribution is -0.121. The van der Waals surface area contributed by atoms with E-state index in [4.69, 9.17) is 0 Å². The predicted octanol–water partition coefficient (Wildman–Crippen LogP) is 0.0679. The molecule has 0 aromatic carbocycles. The van der Waals surface area contributed by atoms with Crippen molar-refractivity contribution in [2.24, 2.45) is 0 Å². The zero-order valence-corrected chi connectivity index (χ0v) is 11.3. The van der Waals surface area contributed by atoms with Crippen LogP contribution in [0.1, 0.15) is 33.1 Å². The molecule has 0 aromatic rings. The Labute approximate surface area is 103 Å². The van der Waals surface area contributed by atoms with E-state index in [1.54, 1.807) is 0 Å². The van der Waals surface area contributed by atoms with Gasteiger partial charge in [0, 0.05) is 19.0 Å². The Hall–Kier alpha value is -0.620. The number of carbonyl (C=O) groups excluding carboxylic acids is 1. The number of rotatable bonds is 6. The predicted molar refractivity (Wildman–Crippen MR) is 67.6 cm³/mol. The summed E-state index contributed by atoms with van der Waals surface area (Å²) < 4.78 is 23.1. The van der Waals surface area contributed by atoms with Crippen molar-refractivity contribution in [1.29, 1.82) is 0 Å². The number of amides is 1. The Morgan fingerprint density at radius 2 is 2.18 bits per heavy atom. The third-order valence-electron chi connectivity index (χ3n) is 3.03. The zero-order chi connectivity index (χ0) is 12.9. The molecule has 2 atom stereocenters. The van der Waals surface area contributed by atoms with Gasteiger partial charge >= 0.3 is 0 Å². The van der Waals surface area contributed by atoms with Gasteiger partial charge in [-0.2, -0.15) is 0 Å². The second kappa shape index (κ2) is 6.35. The maximum Gasteiger partial charge on any atom is 0.221 e. The first-order valence-electron chi connectivity index (χ1n) is 6.17. The van der Waals surface area contributed by atoms with E-state index in [0.717, 1.165) is 13.0 Å². The summed E-state index contributed by atoms with van der Waals surface area (Å²) in [6.45, 7) is 5.01. The summed E-state index contributed by atoms with van der Waals surface area (Å²) in [4.78, 5) is 11.6. The quantitative estimate of drug-likeness (QED) is 0.710. The number of hydrogen-bond donors (Lipinski definition) is 2. The first kappa shape index (κ1) is 14.4.